The van der Waals surface area contributed by atoms with Gasteiger partial charge in [0.05, 0.1) is 6.61 Å². The Balaban J connectivity index is 1.74. The van der Waals surface area contributed by atoms with Crippen molar-refractivity contribution in [3.05, 3.63) is 29.3 Å². The number of nitrogens with one attached hydrogen (secondary N) is 1. The minimum atomic E-state index is 0.841. The molecule has 1 aromatic rings. The first-order chi connectivity index (χ1) is 8.83. The van der Waals surface area contributed by atoms with Crippen molar-refractivity contribution in [2.24, 2.45) is 0 Å². The number of ether oxygens (including phenoxy) is 1. The molecule has 0 unspecified atom stereocenters. The van der Waals surface area contributed by atoms with Crippen molar-refractivity contribution in [2.75, 3.05) is 32.8 Å². The summed E-state index contributed by atoms with van der Waals surface area (Å²) in [4.78, 5) is 2.43. The van der Waals surface area contributed by atoms with E-state index in [1.165, 1.54) is 11.1 Å². The Bertz CT molecular complexity index is 375. The lowest BCUT2D eigenvalue weighted by atomic mass is 10.1. The zero-order chi connectivity index (χ0) is 12.8. The normalized spacial score (nSPS) is 13.7. The van der Waals surface area contributed by atoms with Crippen LogP contribution in [0.4, 0.5) is 0 Å². The first kappa shape index (κ1) is 13.4. The Morgan fingerprint density at radius 1 is 1.28 bits per heavy atom. The fourth-order valence-corrected chi connectivity index (χ4v) is 2.36. The van der Waals surface area contributed by atoms with Crippen LogP contribution in [0.1, 0.15) is 25.0 Å². The van der Waals surface area contributed by atoms with E-state index in [1.54, 1.807) is 0 Å². The molecule has 1 N–H and O–H groups in total. The summed E-state index contributed by atoms with van der Waals surface area (Å²) < 4.78 is 5.51. The summed E-state index contributed by atoms with van der Waals surface area (Å²) in [5.41, 5.74) is 2.72. The van der Waals surface area contributed by atoms with Crippen LogP contribution in [0.25, 0.3) is 0 Å². The maximum atomic E-state index is 5.51. The number of nitrogens with zero attached hydrogens (tertiary/aromatic N) is 1. The molecule has 1 aliphatic rings. The molecule has 0 amide bonds. The van der Waals surface area contributed by atoms with Crippen LogP contribution in [-0.4, -0.2) is 37.7 Å². The van der Waals surface area contributed by atoms with Gasteiger partial charge in [-0.25, -0.2) is 0 Å². The molecule has 1 aromatic carbocycles. The Morgan fingerprint density at radius 2 is 2.11 bits per heavy atom. The summed E-state index contributed by atoms with van der Waals surface area (Å²) in [6.07, 6.45) is 1.06. The monoisotopic (exact) mass is 248 g/mol. The van der Waals surface area contributed by atoms with Crippen molar-refractivity contribution in [3.63, 3.8) is 0 Å². The third-order valence-electron chi connectivity index (χ3n) is 3.58. The van der Waals surface area contributed by atoms with Crippen LogP contribution in [0.3, 0.4) is 0 Å². The molecule has 100 valence electrons. The van der Waals surface area contributed by atoms with Gasteiger partial charge in [0.2, 0.25) is 0 Å². The lowest BCUT2D eigenvalue weighted by molar-refractivity contribution is 0.302. The molecule has 0 bridgehead atoms. The third-order valence-corrected chi connectivity index (χ3v) is 3.58. The summed E-state index contributed by atoms with van der Waals surface area (Å²) >= 11 is 0. The van der Waals surface area contributed by atoms with E-state index in [1.807, 2.05) is 0 Å². The van der Waals surface area contributed by atoms with E-state index in [-0.39, 0.29) is 0 Å². The summed E-state index contributed by atoms with van der Waals surface area (Å²) in [6.45, 7) is 10.7. The number of fused-ring (bicyclic) bond motifs is 1. The van der Waals surface area contributed by atoms with Gasteiger partial charge in [0.25, 0.3) is 0 Å². The molecule has 0 atom stereocenters. The average molecular weight is 248 g/mol. The number of benzene rings is 1. The SMILES string of the molecule is CCN(CC)CCNCc1ccc2c(c1)CCO2. The van der Waals surface area contributed by atoms with Gasteiger partial charge in [0.1, 0.15) is 5.75 Å². The molecule has 0 fully saturated rings. The fourth-order valence-electron chi connectivity index (χ4n) is 2.36. The molecule has 0 saturated heterocycles. The third kappa shape index (κ3) is 3.47. The second kappa shape index (κ2) is 6.76. The van der Waals surface area contributed by atoms with E-state index in [4.69, 9.17) is 4.74 Å². The van der Waals surface area contributed by atoms with Crippen LogP contribution in [0, 0.1) is 0 Å². The van der Waals surface area contributed by atoms with E-state index in [0.29, 0.717) is 0 Å². The van der Waals surface area contributed by atoms with Crippen molar-refractivity contribution >= 4 is 0 Å². The van der Waals surface area contributed by atoms with Gasteiger partial charge in [-0.3, -0.25) is 0 Å². The summed E-state index contributed by atoms with van der Waals surface area (Å²) in [6, 6.07) is 6.53. The lowest BCUT2D eigenvalue weighted by Crippen LogP contribution is -2.31. The van der Waals surface area contributed by atoms with Gasteiger partial charge < -0.3 is 15.0 Å². The fraction of sp³-hybridized carbons (Fsp3) is 0.600. The highest BCUT2D eigenvalue weighted by atomic mass is 16.5. The topological polar surface area (TPSA) is 24.5 Å². The summed E-state index contributed by atoms with van der Waals surface area (Å²) in [5.74, 6) is 1.07. The Morgan fingerprint density at radius 3 is 2.89 bits per heavy atom. The maximum Gasteiger partial charge on any atom is 0.122 e. The molecule has 2 rings (SSSR count). The first-order valence-electron chi connectivity index (χ1n) is 7.01. The van der Waals surface area contributed by atoms with Crippen LogP contribution >= 0.6 is 0 Å². The molecule has 0 radical (unpaired) electrons. The van der Waals surface area contributed by atoms with Crippen LogP contribution in [0.2, 0.25) is 0 Å². The van der Waals surface area contributed by atoms with Crippen molar-refractivity contribution in [1.82, 2.24) is 10.2 Å². The van der Waals surface area contributed by atoms with Gasteiger partial charge in [-0.2, -0.15) is 0 Å². The van der Waals surface area contributed by atoms with Crippen molar-refractivity contribution in [1.29, 1.82) is 0 Å². The van der Waals surface area contributed by atoms with Gasteiger partial charge in [-0.15, -0.1) is 0 Å². The molecule has 1 heterocycles. The Labute approximate surface area is 110 Å². The number of rotatable bonds is 7. The molecule has 1 aliphatic heterocycles. The van der Waals surface area contributed by atoms with Gasteiger partial charge in [-0.05, 0) is 30.3 Å². The van der Waals surface area contributed by atoms with Crippen molar-refractivity contribution in [2.45, 2.75) is 26.8 Å². The zero-order valence-electron chi connectivity index (χ0n) is 11.5. The van der Waals surface area contributed by atoms with Gasteiger partial charge in [-0.1, -0.05) is 26.0 Å². The highest BCUT2D eigenvalue weighted by Crippen LogP contribution is 2.25. The first-order valence-corrected chi connectivity index (χ1v) is 7.01. The van der Waals surface area contributed by atoms with Crippen LogP contribution in [0.15, 0.2) is 18.2 Å². The van der Waals surface area contributed by atoms with E-state index in [2.05, 4.69) is 42.3 Å². The predicted octanol–water partition coefficient (Wildman–Crippen LogP) is 2.05. The highest BCUT2D eigenvalue weighted by Gasteiger charge is 2.11. The lowest BCUT2D eigenvalue weighted by Gasteiger charge is -2.18. The van der Waals surface area contributed by atoms with E-state index in [0.717, 1.165) is 51.5 Å². The van der Waals surface area contributed by atoms with Crippen LogP contribution in [-0.2, 0) is 13.0 Å². The molecule has 3 nitrogen and oxygen atoms in total. The minimum Gasteiger partial charge on any atom is -0.493 e. The molecule has 0 saturated carbocycles. The van der Waals surface area contributed by atoms with Crippen molar-refractivity contribution < 1.29 is 4.74 Å². The molecule has 18 heavy (non-hydrogen) atoms. The van der Waals surface area contributed by atoms with E-state index in [9.17, 15) is 0 Å². The Kier molecular flexibility index (Phi) is 5.02. The summed E-state index contributed by atoms with van der Waals surface area (Å²) in [5, 5.41) is 3.51. The summed E-state index contributed by atoms with van der Waals surface area (Å²) in [7, 11) is 0. The molecule has 0 aliphatic carbocycles. The largest absolute Gasteiger partial charge is 0.493 e. The minimum absolute atomic E-state index is 0.841. The molecule has 0 spiro atoms. The Hall–Kier alpha value is -1.06. The van der Waals surface area contributed by atoms with Gasteiger partial charge in [0, 0.05) is 26.1 Å². The predicted molar refractivity (Wildman–Crippen MR) is 75.1 cm³/mol. The molecule has 3 heteroatoms. The highest BCUT2D eigenvalue weighted by molar-refractivity contribution is 5.39. The van der Waals surface area contributed by atoms with Gasteiger partial charge in [0.15, 0.2) is 0 Å². The van der Waals surface area contributed by atoms with E-state index < -0.39 is 0 Å². The standard InChI is InChI=1S/C15H24N2O/c1-3-17(4-2)9-8-16-12-13-5-6-15-14(11-13)7-10-18-15/h5-6,11,16H,3-4,7-10,12H2,1-2H3. The average Bonchev–Trinajstić information content (AvgIpc) is 2.86. The van der Waals surface area contributed by atoms with Gasteiger partial charge >= 0.3 is 0 Å². The van der Waals surface area contributed by atoms with E-state index >= 15 is 0 Å². The quantitative estimate of drug-likeness (QED) is 0.748. The second-order valence-electron chi connectivity index (χ2n) is 4.74. The molecular weight excluding hydrogens is 224 g/mol. The number of hydrogen-bond donors (Lipinski definition) is 1. The zero-order valence-corrected chi connectivity index (χ0v) is 11.5. The van der Waals surface area contributed by atoms with Crippen molar-refractivity contribution in [3.8, 4) is 5.75 Å². The number of hydrogen-bond acceptors (Lipinski definition) is 3. The smallest absolute Gasteiger partial charge is 0.122 e. The molecule has 0 aromatic heterocycles. The number of likely N-dealkylation sites (N-methyl/N-ethyl adjacent to an activating group) is 1. The maximum absolute atomic E-state index is 5.51. The second-order valence-corrected chi connectivity index (χ2v) is 4.74. The van der Waals surface area contributed by atoms with Crippen LogP contribution < -0.4 is 10.1 Å². The van der Waals surface area contributed by atoms with Crippen LogP contribution in [0.5, 0.6) is 5.75 Å². The molecular formula is C15H24N2O.